The number of rotatable bonds is 3. The molecule has 0 unspecified atom stereocenters. The Kier molecular flexibility index (Phi) is 4.54. The van der Waals surface area contributed by atoms with Crippen molar-refractivity contribution in [2.75, 3.05) is 0 Å². The first-order chi connectivity index (χ1) is 7.09. The first-order valence-corrected chi connectivity index (χ1v) is 7.62. The van der Waals surface area contributed by atoms with Gasteiger partial charge in [-0.3, -0.25) is 0 Å². The van der Waals surface area contributed by atoms with Crippen LogP contribution in [0.25, 0.3) is 0 Å². The molecule has 5 heteroatoms. The van der Waals surface area contributed by atoms with Gasteiger partial charge in [0.1, 0.15) is 0 Å². The number of nitrogens with one attached hydrogen (secondary N) is 2. The maximum absolute atomic E-state index is 11.0. The molecule has 0 spiro atoms. The van der Waals surface area contributed by atoms with Crippen molar-refractivity contribution in [3.8, 4) is 0 Å². The van der Waals surface area contributed by atoms with Crippen LogP contribution >= 0.6 is 20.4 Å². The van der Waals surface area contributed by atoms with Crippen LogP contribution in [0.2, 0.25) is 0 Å². The predicted octanol–water partition coefficient (Wildman–Crippen LogP) is 1.46. The van der Waals surface area contributed by atoms with Crippen LogP contribution in [-0.4, -0.2) is 11.8 Å². The van der Waals surface area contributed by atoms with Crippen molar-refractivity contribution in [1.82, 2.24) is 7.06 Å². The molecule has 1 aromatic carbocycles. The number of amides is 2. The molecule has 2 amide bonds. The van der Waals surface area contributed by atoms with Crippen molar-refractivity contribution in [3.63, 3.8) is 0 Å². The predicted molar refractivity (Wildman–Crippen MR) is 66.8 cm³/mol. The molecule has 1 aromatic rings. The van der Waals surface area contributed by atoms with Crippen molar-refractivity contribution in [3.05, 3.63) is 33.9 Å². The number of hydrogen-bond acceptors (Lipinski definition) is 2. The second kappa shape index (κ2) is 5.69. The van der Waals surface area contributed by atoms with Gasteiger partial charge in [-0.05, 0) is 0 Å². The van der Waals surface area contributed by atoms with Crippen molar-refractivity contribution in [1.29, 1.82) is 0 Å². The summed E-state index contributed by atoms with van der Waals surface area (Å²) >= 11 is -2.09. The number of carbonyl (C=O) groups excluding carboxylic acids is 2. The minimum absolute atomic E-state index is 0.113. The molecule has 0 saturated heterocycles. The molecule has 0 saturated carbocycles. The van der Waals surface area contributed by atoms with Crippen LogP contribution in [0.3, 0.4) is 0 Å². The molecule has 0 aliphatic heterocycles. The van der Waals surface area contributed by atoms with Crippen molar-refractivity contribution in [2.45, 2.75) is 13.8 Å². The first kappa shape index (κ1) is 12.0. The fraction of sp³-hybridized carbons (Fsp3) is 0.200. The van der Waals surface area contributed by atoms with Crippen LogP contribution in [0.4, 0.5) is 0 Å². The monoisotopic (exact) mass is 320 g/mol. The van der Waals surface area contributed by atoms with Crippen LogP contribution in [-0.2, 0) is 9.59 Å². The molecule has 0 heterocycles. The minimum atomic E-state index is -2.09. The number of carbonyl (C=O) groups is 2. The Bertz CT molecular complexity index is 338. The summed E-state index contributed by atoms with van der Waals surface area (Å²) in [7, 11) is 0. The molecular weight excluding hydrogens is 307 g/mol. The SMILES string of the molecule is CC(=O)NI(NC(C)=O)c1ccccc1. The van der Waals surface area contributed by atoms with Gasteiger partial charge in [0.25, 0.3) is 0 Å². The van der Waals surface area contributed by atoms with E-state index in [0.29, 0.717) is 0 Å². The molecule has 0 radical (unpaired) electrons. The summed E-state index contributed by atoms with van der Waals surface area (Å²) in [5.41, 5.74) is 0. The fourth-order valence-corrected chi connectivity index (χ4v) is 4.35. The van der Waals surface area contributed by atoms with Gasteiger partial charge in [0, 0.05) is 0 Å². The molecule has 1 rings (SSSR count). The summed E-state index contributed by atoms with van der Waals surface area (Å²) in [6, 6.07) is 9.51. The Hall–Kier alpha value is -1.11. The summed E-state index contributed by atoms with van der Waals surface area (Å²) in [6.07, 6.45) is 0. The van der Waals surface area contributed by atoms with Gasteiger partial charge in [-0.2, -0.15) is 0 Å². The van der Waals surface area contributed by atoms with Gasteiger partial charge in [0.2, 0.25) is 0 Å². The molecule has 4 nitrogen and oxygen atoms in total. The van der Waals surface area contributed by atoms with Gasteiger partial charge in [0.05, 0.1) is 0 Å². The van der Waals surface area contributed by atoms with Gasteiger partial charge in [-0.15, -0.1) is 0 Å². The van der Waals surface area contributed by atoms with Gasteiger partial charge in [-0.25, -0.2) is 0 Å². The van der Waals surface area contributed by atoms with E-state index in [1.807, 2.05) is 30.3 Å². The first-order valence-electron chi connectivity index (χ1n) is 4.39. The van der Waals surface area contributed by atoms with E-state index < -0.39 is 20.4 Å². The molecule has 82 valence electrons. The Morgan fingerprint density at radius 3 is 1.87 bits per heavy atom. The van der Waals surface area contributed by atoms with Crippen LogP contribution in [0.5, 0.6) is 0 Å². The second-order valence-electron chi connectivity index (χ2n) is 2.88. The van der Waals surface area contributed by atoms with Crippen molar-refractivity contribution in [2.24, 2.45) is 0 Å². The Labute approximate surface area is 96.5 Å². The quantitative estimate of drug-likeness (QED) is 0.654. The summed E-state index contributed by atoms with van der Waals surface area (Å²) in [6.45, 7) is 2.91. The van der Waals surface area contributed by atoms with Crippen molar-refractivity contribution >= 4 is 32.2 Å². The van der Waals surface area contributed by atoms with E-state index in [-0.39, 0.29) is 11.8 Å². The van der Waals surface area contributed by atoms with Crippen LogP contribution in [0, 0.1) is 3.57 Å². The zero-order valence-electron chi connectivity index (χ0n) is 8.58. The average molecular weight is 320 g/mol. The third-order valence-electron chi connectivity index (χ3n) is 1.41. The van der Waals surface area contributed by atoms with Gasteiger partial charge >= 0.3 is 96.6 Å². The molecule has 2 N–H and O–H groups in total. The van der Waals surface area contributed by atoms with E-state index in [1.165, 1.54) is 13.8 Å². The van der Waals surface area contributed by atoms with Crippen molar-refractivity contribution < 1.29 is 9.59 Å². The number of hydrogen-bond donors (Lipinski definition) is 2. The fourth-order valence-electron chi connectivity index (χ4n) is 0.940. The number of benzene rings is 1. The standard InChI is InChI=1S/C10H13IN2O2/c1-8(14)12-11(13-9(2)15)10-6-4-3-5-7-10/h3-7H,1-2H3,(H,12,14)(H,13,15). The molecule has 0 aromatic heterocycles. The Balaban J connectivity index is 2.81. The van der Waals surface area contributed by atoms with E-state index in [4.69, 9.17) is 0 Å². The van der Waals surface area contributed by atoms with Gasteiger partial charge < -0.3 is 0 Å². The topological polar surface area (TPSA) is 58.2 Å². The van der Waals surface area contributed by atoms with Gasteiger partial charge in [-0.1, -0.05) is 0 Å². The normalized spacial score (nSPS) is 10.4. The maximum atomic E-state index is 11.0. The van der Waals surface area contributed by atoms with E-state index in [9.17, 15) is 9.59 Å². The summed E-state index contributed by atoms with van der Waals surface area (Å²) in [5.74, 6) is -0.226. The summed E-state index contributed by atoms with van der Waals surface area (Å²) < 4.78 is 6.63. The molecule has 15 heavy (non-hydrogen) atoms. The zero-order valence-corrected chi connectivity index (χ0v) is 10.7. The molecule has 0 bridgehead atoms. The van der Waals surface area contributed by atoms with E-state index in [2.05, 4.69) is 7.06 Å². The van der Waals surface area contributed by atoms with E-state index in [1.54, 1.807) is 0 Å². The zero-order chi connectivity index (χ0) is 11.3. The van der Waals surface area contributed by atoms with Crippen LogP contribution in [0.1, 0.15) is 13.8 Å². The summed E-state index contributed by atoms with van der Waals surface area (Å²) in [4.78, 5) is 22.0. The van der Waals surface area contributed by atoms with Crippen LogP contribution < -0.4 is 7.06 Å². The molecule has 0 atom stereocenters. The molecular formula is C10H13IN2O2. The third kappa shape index (κ3) is 4.28. The van der Waals surface area contributed by atoms with Gasteiger partial charge in [0.15, 0.2) is 0 Å². The molecule has 0 aliphatic carbocycles. The Morgan fingerprint density at radius 2 is 1.47 bits per heavy atom. The summed E-state index contributed by atoms with van der Waals surface area (Å²) in [5, 5.41) is 0. The average Bonchev–Trinajstić information content (AvgIpc) is 2.17. The number of halogens is 1. The Morgan fingerprint density at radius 1 is 1.00 bits per heavy atom. The molecule has 0 fully saturated rings. The second-order valence-corrected chi connectivity index (χ2v) is 6.82. The molecule has 0 aliphatic rings. The van der Waals surface area contributed by atoms with E-state index in [0.717, 1.165) is 3.57 Å². The third-order valence-corrected chi connectivity index (χ3v) is 5.97. The van der Waals surface area contributed by atoms with E-state index >= 15 is 0 Å². The van der Waals surface area contributed by atoms with Crippen LogP contribution in [0.15, 0.2) is 30.3 Å².